The minimum Gasteiger partial charge on any atom is -0.491 e. The van der Waals surface area contributed by atoms with Crippen LogP contribution < -0.4 is 15.4 Å². The lowest BCUT2D eigenvalue weighted by Gasteiger charge is -2.16. The summed E-state index contributed by atoms with van der Waals surface area (Å²) in [6.45, 7) is 6.02. The number of amides is 1. The van der Waals surface area contributed by atoms with Crippen LogP contribution in [0.3, 0.4) is 0 Å². The average molecular weight is 350 g/mol. The normalized spacial score (nSPS) is 15.0. The molecule has 0 radical (unpaired) electrons. The summed E-state index contributed by atoms with van der Waals surface area (Å²) < 4.78 is 7.83. The zero-order valence-electron chi connectivity index (χ0n) is 15.0. The van der Waals surface area contributed by atoms with Crippen LogP contribution in [0.15, 0.2) is 42.7 Å². The second-order valence-corrected chi connectivity index (χ2v) is 6.58. The standard InChI is InChI=1S/C20H22N4O2/c1-13-5-4-9-24-17(13)12-22-19(24)14(2)23-20(25)16-7-3-6-15-11-21-8-10-26-18(15)16/h3-7,9,12,14,21H,8,10-11H2,1-2H3,(H,23,25)/t14-/m0/s1. The Morgan fingerprint density at radius 2 is 2.23 bits per heavy atom. The van der Waals surface area contributed by atoms with Crippen molar-refractivity contribution in [1.82, 2.24) is 20.0 Å². The van der Waals surface area contributed by atoms with E-state index in [2.05, 4.69) is 28.6 Å². The van der Waals surface area contributed by atoms with E-state index in [4.69, 9.17) is 4.74 Å². The van der Waals surface area contributed by atoms with Gasteiger partial charge in [-0.25, -0.2) is 4.98 Å². The molecule has 2 N–H and O–H groups in total. The van der Waals surface area contributed by atoms with Gasteiger partial charge in [0.05, 0.1) is 23.3 Å². The van der Waals surface area contributed by atoms with Crippen LogP contribution >= 0.6 is 0 Å². The number of imidazole rings is 1. The number of ether oxygens (including phenoxy) is 1. The first-order valence-corrected chi connectivity index (χ1v) is 8.84. The van der Waals surface area contributed by atoms with Crippen molar-refractivity contribution in [2.24, 2.45) is 0 Å². The van der Waals surface area contributed by atoms with Crippen LogP contribution in [-0.2, 0) is 6.54 Å². The molecule has 1 aliphatic heterocycles. The van der Waals surface area contributed by atoms with E-state index >= 15 is 0 Å². The molecule has 1 amide bonds. The molecule has 134 valence electrons. The van der Waals surface area contributed by atoms with Gasteiger partial charge in [0, 0.05) is 24.8 Å². The maximum absolute atomic E-state index is 12.9. The van der Waals surface area contributed by atoms with Crippen LogP contribution in [0.1, 0.15) is 40.3 Å². The summed E-state index contributed by atoms with van der Waals surface area (Å²) in [7, 11) is 0. The Labute approximate surface area is 152 Å². The largest absolute Gasteiger partial charge is 0.491 e. The fourth-order valence-electron chi connectivity index (χ4n) is 3.36. The molecule has 0 spiro atoms. The summed E-state index contributed by atoms with van der Waals surface area (Å²) in [5, 5.41) is 6.35. The molecule has 1 atom stereocenters. The lowest BCUT2D eigenvalue weighted by atomic mass is 10.1. The molecule has 1 aliphatic rings. The summed E-state index contributed by atoms with van der Waals surface area (Å²) in [4.78, 5) is 17.4. The molecule has 6 heteroatoms. The Kier molecular flexibility index (Phi) is 4.34. The van der Waals surface area contributed by atoms with Gasteiger partial charge in [0.2, 0.25) is 0 Å². The van der Waals surface area contributed by atoms with Gasteiger partial charge in [-0.05, 0) is 31.5 Å². The monoisotopic (exact) mass is 350 g/mol. The Morgan fingerprint density at radius 3 is 3.12 bits per heavy atom. The summed E-state index contributed by atoms with van der Waals surface area (Å²) in [5.74, 6) is 1.33. The molecular weight excluding hydrogens is 328 g/mol. The number of aromatic nitrogens is 2. The molecule has 6 nitrogen and oxygen atoms in total. The third kappa shape index (κ3) is 2.93. The average Bonchev–Trinajstić information content (AvgIpc) is 2.93. The summed E-state index contributed by atoms with van der Waals surface area (Å²) in [6, 6.07) is 9.49. The van der Waals surface area contributed by atoms with Gasteiger partial charge < -0.3 is 19.8 Å². The number of hydrogen-bond donors (Lipinski definition) is 2. The van der Waals surface area contributed by atoms with Crippen LogP contribution in [0.2, 0.25) is 0 Å². The van der Waals surface area contributed by atoms with Gasteiger partial charge in [-0.3, -0.25) is 4.79 Å². The predicted octanol–water partition coefficient (Wildman–Crippen LogP) is 2.62. The first-order chi connectivity index (χ1) is 12.6. The van der Waals surface area contributed by atoms with Gasteiger partial charge in [0.1, 0.15) is 18.2 Å². The van der Waals surface area contributed by atoms with Crippen molar-refractivity contribution in [2.45, 2.75) is 26.4 Å². The number of hydrogen-bond acceptors (Lipinski definition) is 4. The molecule has 1 aromatic carbocycles. The second kappa shape index (κ2) is 6.80. The predicted molar refractivity (Wildman–Crippen MR) is 99.5 cm³/mol. The first-order valence-electron chi connectivity index (χ1n) is 8.84. The summed E-state index contributed by atoms with van der Waals surface area (Å²) in [6.07, 6.45) is 3.81. The Bertz CT molecular complexity index is 964. The topological polar surface area (TPSA) is 67.7 Å². The quantitative estimate of drug-likeness (QED) is 0.762. The summed E-state index contributed by atoms with van der Waals surface area (Å²) >= 11 is 0. The van der Waals surface area contributed by atoms with Crippen molar-refractivity contribution in [3.8, 4) is 5.75 Å². The highest BCUT2D eigenvalue weighted by Crippen LogP contribution is 2.26. The molecule has 0 aliphatic carbocycles. The molecular formula is C20H22N4O2. The van der Waals surface area contributed by atoms with Gasteiger partial charge in [-0.1, -0.05) is 18.2 Å². The number of aryl methyl sites for hydroxylation is 1. The van der Waals surface area contributed by atoms with Crippen LogP contribution in [0, 0.1) is 6.92 Å². The molecule has 0 saturated carbocycles. The number of nitrogens with zero attached hydrogens (tertiary/aromatic N) is 2. The molecule has 0 fully saturated rings. The highest BCUT2D eigenvalue weighted by molar-refractivity contribution is 5.97. The highest BCUT2D eigenvalue weighted by atomic mass is 16.5. The maximum atomic E-state index is 12.9. The Morgan fingerprint density at radius 1 is 1.35 bits per heavy atom. The van der Waals surface area contributed by atoms with E-state index < -0.39 is 0 Å². The van der Waals surface area contributed by atoms with Crippen LogP contribution in [0.25, 0.3) is 5.52 Å². The van der Waals surface area contributed by atoms with E-state index in [0.717, 1.165) is 29.0 Å². The molecule has 0 unspecified atom stereocenters. The van der Waals surface area contributed by atoms with Crippen LogP contribution in [0.5, 0.6) is 5.75 Å². The second-order valence-electron chi connectivity index (χ2n) is 6.58. The van der Waals surface area contributed by atoms with Crippen molar-refractivity contribution in [1.29, 1.82) is 0 Å². The fourth-order valence-corrected chi connectivity index (χ4v) is 3.36. The van der Waals surface area contributed by atoms with Gasteiger partial charge in [-0.15, -0.1) is 0 Å². The van der Waals surface area contributed by atoms with E-state index in [1.54, 1.807) is 6.07 Å². The molecule has 2 aromatic heterocycles. The van der Waals surface area contributed by atoms with Gasteiger partial charge in [0.25, 0.3) is 5.91 Å². The maximum Gasteiger partial charge on any atom is 0.255 e. The van der Waals surface area contributed by atoms with E-state index in [0.29, 0.717) is 24.5 Å². The number of carbonyl (C=O) groups is 1. The minimum absolute atomic E-state index is 0.152. The van der Waals surface area contributed by atoms with Crippen LogP contribution in [0.4, 0.5) is 0 Å². The van der Waals surface area contributed by atoms with Crippen molar-refractivity contribution < 1.29 is 9.53 Å². The number of fused-ring (bicyclic) bond motifs is 2. The minimum atomic E-state index is -0.230. The van der Waals surface area contributed by atoms with Gasteiger partial charge in [0.15, 0.2) is 0 Å². The van der Waals surface area contributed by atoms with Crippen LogP contribution in [-0.4, -0.2) is 28.4 Å². The molecule has 3 heterocycles. The highest BCUT2D eigenvalue weighted by Gasteiger charge is 2.21. The molecule has 0 saturated heterocycles. The van der Waals surface area contributed by atoms with Crippen molar-refractivity contribution in [3.05, 3.63) is 65.2 Å². The molecule has 4 rings (SSSR count). The van der Waals surface area contributed by atoms with E-state index in [1.165, 1.54) is 0 Å². The fraction of sp³-hybridized carbons (Fsp3) is 0.300. The lowest BCUT2D eigenvalue weighted by Crippen LogP contribution is -2.28. The molecule has 26 heavy (non-hydrogen) atoms. The van der Waals surface area contributed by atoms with E-state index in [-0.39, 0.29) is 11.9 Å². The molecule has 3 aromatic rings. The number of carbonyl (C=O) groups excluding carboxylic acids is 1. The van der Waals surface area contributed by atoms with Crippen molar-refractivity contribution >= 4 is 11.4 Å². The van der Waals surface area contributed by atoms with Gasteiger partial charge >= 0.3 is 0 Å². The number of pyridine rings is 1. The number of para-hydroxylation sites is 1. The number of nitrogens with one attached hydrogen (secondary N) is 2. The van der Waals surface area contributed by atoms with Crippen molar-refractivity contribution in [2.75, 3.05) is 13.2 Å². The third-order valence-corrected chi connectivity index (χ3v) is 4.73. The third-order valence-electron chi connectivity index (χ3n) is 4.73. The van der Waals surface area contributed by atoms with Crippen molar-refractivity contribution in [3.63, 3.8) is 0 Å². The Hall–Kier alpha value is -2.86. The number of rotatable bonds is 3. The number of benzene rings is 1. The summed E-state index contributed by atoms with van der Waals surface area (Å²) in [5.41, 5.74) is 3.77. The Balaban J connectivity index is 1.61. The zero-order chi connectivity index (χ0) is 18.1. The van der Waals surface area contributed by atoms with E-state index in [9.17, 15) is 4.79 Å². The SMILES string of the molecule is Cc1cccn2c([C@H](C)NC(=O)c3cccc4c3OCCNC4)ncc12. The smallest absolute Gasteiger partial charge is 0.255 e. The van der Waals surface area contributed by atoms with E-state index in [1.807, 2.05) is 41.9 Å². The van der Waals surface area contributed by atoms with Gasteiger partial charge in [-0.2, -0.15) is 0 Å². The lowest BCUT2D eigenvalue weighted by molar-refractivity contribution is 0.0934. The zero-order valence-corrected chi connectivity index (χ0v) is 15.0. The molecule has 0 bridgehead atoms. The first kappa shape index (κ1) is 16.6.